The molecule has 4 rings (SSSR count). The van der Waals surface area contributed by atoms with Crippen molar-refractivity contribution in [1.29, 1.82) is 0 Å². The van der Waals surface area contributed by atoms with Crippen LogP contribution in [0.5, 0.6) is 5.75 Å². The lowest BCUT2D eigenvalue weighted by atomic mass is 9.86. The van der Waals surface area contributed by atoms with Crippen molar-refractivity contribution in [1.82, 2.24) is 15.1 Å². The van der Waals surface area contributed by atoms with Crippen LogP contribution in [0.3, 0.4) is 0 Å². The molecule has 1 heterocycles. The number of nitrogens with zero attached hydrogens (tertiary/aromatic N) is 3. The summed E-state index contributed by atoms with van der Waals surface area (Å²) in [6.45, 7) is 1.53. The number of benzene rings is 2. The molecule has 6 nitrogen and oxygen atoms in total. The molecule has 6 heteroatoms. The maximum atomic E-state index is 9.38. The van der Waals surface area contributed by atoms with Crippen molar-refractivity contribution >= 4 is 0 Å². The van der Waals surface area contributed by atoms with Crippen molar-refractivity contribution < 1.29 is 14.3 Å². The molecule has 1 atom stereocenters. The van der Waals surface area contributed by atoms with Gasteiger partial charge in [0.2, 0.25) is 11.8 Å². The second-order valence-corrected chi connectivity index (χ2v) is 7.38. The molecule has 0 bridgehead atoms. The highest BCUT2D eigenvalue weighted by atomic mass is 16.5. The summed E-state index contributed by atoms with van der Waals surface area (Å²) in [7, 11) is 1.64. The summed E-state index contributed by atoms with van der Waals surface area (Å²) in [6.07, 6.45) is 4.11. The van der Waals surface area contributed by atoms with E-state index in [9.17, 15) is 5.11 Å². The zero-order valence-electron chi connectivity index (χ0n) is 16.8. The average molecular weight is 393 g/mol. The molecule has 0 aliphatic heterocycles. The number of aryl methyl sites for hydroxylation is 1. The van der Waals surface area contributed by atoms with Gasteiger partial charge in [-0.3, -0.25) is 4.90 Å². The van der Waals surface area contributed by atoms with Crippen molar-refractivity contribution in [3.05, 3.63) is 65.5 Å². The van der Waals surface area contributed by atoms with E-state index in [4.69, 9.17) is 9.15 Å². The zero-order valence-corrected chi connectivity index (χ0v) is 16.8. The van der Waals surface area contributed by atoms with Crippen LogP contribution in [0, 0.1) is 0 Å². The predicted octanol–water partition coefficient (Wildman–Crippen LogP) is 4.01. The van der Waals surface area contributed by atoms with E-state index >= 15 is 0 Å². The van der Waals surface area contributed by atoms with Gasteiger partial charge in [-0.1, -0.05) is 24.3 Å². The van der Waals surface area contributed by atoms with Crippen LogP contribution >= 0.6 is 0 Å². The Labute approximate surface area is 171 Å². The van der Waals surface area contributed by atoms with Crippen LogP contribution in [0.4, 0.5) is 0 Å². The highest BCUT2D eigenvalue weighted by Crippen LogP contribution is 2.35. The topological polar surface area (TPSA) is 71.6 Å². The van der Waals surface area contributed by atoms with Gasteiger partial charge in [-0.15, -0.1) is 10.2 Å². The van der Waals surface area contributed by atoms with Crippen molar-refractivity contribution in [3.8, 4) is 17.2 Å². The number of aliphatic hydroxyl groups excluding tert-OH is 1. The van der Waals surface area contributed by atoms with Gasteiger partial charge in [-0.05, 0) is 61.1 Å². The SMILES string of the molecule is COc1ccc(-c2nnc(CN(CCCO)[C@@H]3CCCc4ccccc43)o2)cc1. The zero-order chi connectivity index (χ0) is 20.1. The second kappa shape index (κ2) is 9.20. The van der Waals surface area contributed by atoms with Crippen LogP contribution in [0.1, 0.15) is 42.3 Å². The molecule has 1 N–H and O–H groups in total. The first kappa shape index (κ1) is 19.6. The number of hydrogen-bond donors (Lipinski definition) is 1. The molecule has 0 saturated carbocycles. The molecule has 3 aromatic rings. The molecular weight excluding hydrogens is 366 g/mol. The van der Waals surface area contributed by atoms with E-state index in [-0.39, 0.29) is 6.61 Å². The van der Waals surface area contributed by atoms with Crippen molar-refractivity contribution in [3.63, 3.8) is 0 Å². The Morgan fingerprint density at radius 2 is 1.97 bits per heavy atom. The monoisotopic (exact) mass is 393 g/mol. The summed E-state index contributed by atoms with van der Waals surface area (Å²) in [4.78, 5) is 2.36. The largest absolute Gasteiger partial charge is 0.497 e. The van der Waals surface area contributed by atoms with Crippen molar-refractivity contribution in [2.24, 2.45) is 0 Å². The standard InChI is InChI=1S/C23H27N3O3/c1-28-19-12-10-18(11-13-19)23-25-24-22(29-23)16-26(14-5-15-27)21-9-4-7-17-6-2-3-8-20(17)21/h2-3,6,8,10-13,21,27H,4-5,7,9,14-16H2,1H3/t21-/m1/s1. The van der Waals surface area contributed by atoms with Crippen LogP contribution in [0.15, 0.2) is 52.9 Å². The number of fused-ring (bicyclic) bond motifs is 1. The molecule has 0 saturated heterocycles. The Morgan fingerprint density at radius 1 is 1.14 bits per heavy atom. The molecule has 1 aliphatic carbocycles. The Kier molecular flexibility index (Phi) is 6.22. The third-order valence-corrected chi connectivity index (χ3v) is 5.52. The van der Waals surface area contributed by atoms with Crippen molar-refractivity contribution in [2.45, 2.75) is 38.3 Å². The predicted molar refractivity (Wildman–Crippen MR) is 111 cm³/mol. The number of hydrogen-bond acceptors (Lipinski definition) is 6. The fourth-order valence-corrected chi connectivity index (χ4v) is 4.07. The van der Waals surface area contributed by atoms with Gasteiger partial charge in [-0.25, -0.2) is 0 Å². The number of rotatable bonds is 8. The van der Waals surface area contributed by atoms with E-state index in [0.717, 1.165) is 43.5 Å². The molecule has 1 aromatic heterocycles. The normalized spacial score (nSPS) is 16.0. The molecule has 1 aliphatic rings. The Morgan fingerprint density at radius 3 is 2.76 bits per heavy atom. The maximum absolute atomic E-state index is 9.38. The van der Waals surface area contributed by atoms with Gasteiger partial charge in [0.15, 0.2) is 0 Å². The summed E-state index contributed by atoms with van der Waals surface area (Å²) >= 11 is 0. The molecule has 0 fully saturated rings. The number of aromatic nitrogens is 2. The van der Waals surface area contributed by atoms with E-state index in [2.05, 4.69) is 39.4 Å². The first-order valence-electron chi connectivity index (χ1n) is 10.2. The lowest BCUT2D eigenvalue weighted by Gasteiger charge is -2.35. The molecule has 0 radical (unpaired) electrons. The molecule has 152 valence electrons. The first-order valence-corrected chi connectivity index (χ1v) is 10.2. The quantitative estimate of drug-likeness (QED) is 0.624. The van der Waals surface area contributed by atoms with E-state index in [0.29, 0.717) is 24.4 Å². The van der Waals surface area contributed by atoms with E-state index in [1.54, 1.807) is 7.11 Å². The van der Waals surface area contributed by atoms with Gasteiger partial charge in [0.25, 0.3) is 0 Å². The minimum atomic E-state index is 0.172. The van der Waals surface area contributed by atoms with E-state index in [1.807, 2.05) is 24.3 Å². The minimum Gasteiger partial charge on any atom is -0.497 e. The Bertz CT molecular complexity index is 923. The molecule has 29 heavy (non-hydrogen) atoms. The molecule has 0 unspecified atom stereocenters. The maximum Gasteiger partial charge on any atom is 0.247 e. The fraction of sp³-hybridized carbons (Fsp3) is 0.391. The first-order chi connectivity index (χ1) is 14.3. The third-order valence-electron chi connectivity index (χ3n) is 5.52. The summed E-state index contributed by atoms with van der Waals surface area (Å²) < 4.78 is 11.2. The average Bonchev–Trinajstić information content (AvgIpc) is 3.25. The van der Waals surface area contributed by atoms with Gasteiger partial charge in [0, 0.05) is 24.8 Å². The summed E-state index contributed by atoms with van der Waals surface area (Å²) in [6, 6.07) is 16.6. The Hall–Kier alpha value is -2.70. The molecular formula is C23H27N3O3. The van der Waals surface area contributed by atoms with Gasteiger partial charge in [-0.2, -0.15) is 0 Å². The van der Waals surface area contributed by atoms with E-state index in [1.165, 1.54) is 11.1 Å². The molecule has 0 spiro atoms. The summed E-state index contributed by atoms with van der Waals surface area (Å²) in [5.41, 5.74) is 3.67. The van der Waals surface area contributed by atoms with Crippen LogP contribution in [-0.4, -0.2) is 40.5 Å². The van der Waals surface area contributed by atoms with Crippen LogP contribution in [-0.2, 0) is 13.0 Å². The van der Waals surface area contributed by atoms with Crippen LogP contribution in [0.2, 0.25) is 0 Å². The van der Waals surface area contributed by atoms with Gasteiger partial charge in [0.05, 0.1) is 13.7 Å². The van der Waals surface area contributed by atoms with Crippen LogP contribution < -0.4 is 4.74 Å². The highest BCUT2D eigenvalue weighted by Gasteiger charge is 2.27. The minimum absolute atomic E-state index is 0.172. The fourth-order valence-electron chi connectivity index (χ4n) is 4.07. The number of methoxy groups -OCH3 is 1. The van der Waals surface area contributed by atoms with Crippen LogP contribution in [0.25, 0.3) is 11.5 Å². The van der Waals surface area contributed by atoms with Gasteiger partial charge >= 0.3 is 0 Å². The van der Waals surface area contributed by atoms with Gasteiger partial charge < -0.3 is 14.3 Å². The number of aliphatic hydroxyl groups is 1. The van der Waals surface area contributed by atoms with E-state index < -0.39 is 0 Å². The Balaban J connectivity index is 1.54. The molecule has 0 amide bonds. The smallest absolute Gasteiger partial charge is 0.247 e. The van der Waals surface area contributed by atoms with Crippen molar-refractivity contribution in [2.75, 3.05) is 20.3 Å². The third kappa shape index (κ3) is 4.49. The lowest BCUT2D eigenvalue weighted by Crippen LogP contribution is -2.32. The lowest BCUT2D eigenvalue weighted by molar-refractivity contribution is 0.140. The summed E-state index contributed by atoms with van der Waals surface area (Å²) in [5, 5.41) is 17.9. The highest BCUT2D eigenvalue weighted by molar-refractivity contribution is 5.53. The van der Waals surface area contributed by atoms with Gasteiger partial charge in [0.1, 0.15) is 5.75 Å². The second-order valence-electron chi connectivity index (χ2n) is 7.38. The number of ether oxygens (including phenoxy) is 1. The summed E-state index contributed by atoms with van der Waals surface area (Å²) in [5.74, 6) is 1.89. The molecule has 2 aromatic carbocycles.